The molecule has 0 saturated carbocycles. The molecule has 0 bridgehead atoms. The molecule has 56 heavy (non-hydrogen) atoms. The van der Waals surface area contributed by atoms with Gasteiger partial charge >= 0.3 is 17.9 Å². The van der Waals surface area contributed by atoms with E-state index in [-0.39, 0.29) is 36.2 Å². The average molecular weight is 797 g/mol. The minimum absolute atomic E-state index is 0.0426. The Bertz CT molecular complexity index is 889. The van der Waals surface area contributed by atoms with Gasteiger partial charge < -0.3 is 23.8 Å². The van der Waals surface area contributed by atoms with E-state index in [2.05, 4.69) is 13.8 Å². The fraction of sp³-hybridized carbons (Fsp3) is 0.938. The molecule has 0 heterocycles. The lowest BCUT2D eigenvalue weighted by atomic mass is 10.0. The largest absolute Gasteiger partial charge is 0.477 e. The zero-order chi connectivity index (χ0) is 41.4. The van der Waals surface area contributed by atoms with Crippen LogP contribution >= 0.6 is 0 Å². The molecule has 2 atom stereocenters. The van der Waals surface area contributed by atoms with Gasteiger partial charge in [0.15, 0.2) is 12.1 Å². The fourth-order valence-electron chi connectivity index (χ4n) is 7.51. The topological polar surface area (TPSA) is 99.1 Å². The van der Waals surface area contributed by atoms with Gasteiger partial charge in [-0.05, 0) is 12.8 Å². The fourth-order valence-corrected chi connectivity index (χ4v) is 7.51. The van der Waals surface area contributed by atoms with Gasteiger partial charge in [-0.15, -0.1) is 0 Å². The van der Waals surface area contributed by atoms with Crippen molar-refractivity contribution in [3.8, 4) is 0 Å². The number of likely N-dealkylation sites (N-methyl/N-ethyl adjacent to an activating group) is 1. The van der Waals surface area contributed by atoms with E-state index in [4.69, 9.17) is 14.2 Å². The number of nitrogens with zero attached hydrogens (tertiary/aromatic N) is 1. The molecule has 1 N–H and O–H groups in total. The molecule has 0 aliphatic rings. The van der Waals surface area contributed by atoms with E-state index in [1.807, 2.05) is 21.1 Å². The van der Waals surface area contributed by atoms with Crippen molar-refractivity contribution in [3.05, 3.63) is 0 Å². The van der Waals surface area contributed by atoms with Gasteiger partial charge in [-0.3, -0.25) is 9.59 Å². The van der Waals surface area contributed by atoms with Crippen LogP contribution in [-0.4, -0.2) is 80.6 Å². The highest BCUT2D eigenvalue weighted by Crippen LogP contribution is 2.17. The first-order chi connectivity index (χ1) is 27.1. The van der Waals surface area contributed by atoms with Crippen LogP contribution in [0.3, 0.4) is 0 Å². The molecule has 0 aromatic carbocycles. The summed E-state index contributed by atoms with van der Waals surface area (Å²) in [5.74, 6) is -1.45. The Balaban J connectivity index is 4.10. The quantitative estimate of drug-likeness (QED) is 0.0372. The third-order valence-electron chi connectivity index (χ3n) is 11.3. The van der Waals surface area contributed by atoms with Gasteiger partial charge in [0.25, 0.3) is 0 Å². The maximum absolute atomic E-state index is 12.7. The van der Waals surface area contributed by atoms with E-state index in [1.54, 1.807) is 0 Å². The van der Waals surface area contributed by atoms with Crippen molar-refractivity contribution in [2.45, 2.75) is 251 Å². The molecule has 0 amide bonds. The molecule has 0 rings (SSSR count). The average Bonchev–Trinajstić information content (AvgIpc) is 3.15. The summed E-state index contributed by atoms with van der Waals surface area (Å²) in [6.07, 6.45) is 41.6. The number of hydrogen-bond donors (Lipinski definition) is 1. The second kappa shape index (κ2) is 40.1. The third-order valence-corrected chi connectivity index (χ3v) is 11.3. The Morgan fingerprint density at radius 1 is 0.464 bits per heavy atom. The van der Waals surface area contributed by atoms with E-state index in [0.717, 1.165) is 38.5 Å². The summed E-state index contributed by atoms with van der Waals surface area (Å²) in [5.41, 5.74) is 0. The van der Waals surface area contributed by atoms with Gasteiger partial charge in [0.05, 0.1) is 34.4 Å². The molecule has 2 unspecified atom stereocenters. The lowest BCUT2D eigenvalue weighted by Crippen LogP contribution is -2.50. The molecule has 332 valence electrons. The number of quaternary nitrogens is 1. The molecule has 0 saturated heterocycles. The van der Waals surface area contributed by atoms with Crippen LogP contribution in [0.25, 0.3) is 0 Å². The molecule has 0 aliphatic heterocycles. The van der Waals surface area contributed by atoms with Gasteiger partial charge in [-0.25, -0.2) is 4.79 Å². The number of ether oxygens (including phenoxy) is 3. The van der Waals surface area contributed by atoms with E-state index in [9.17, 15) is 19.5 Å². The first kappa shape index (κ1) is 54.3. The highest BCUT2D eigenvalue weighted by molar-refractivity contribution is 5.72. The molecule has 0 radical (unpaired) electrons. The van der Waals surface area contributed by atoms with Crippen LogP contribution in [0.2, 0.25) is 0 Å². The maximum atomic E-state index is 12.7. The molecule has 0 aromatic rings. The van der Waals surface area contributed by atoms with Crippen LogP contribution in [0, 0.1) is 0 Å². The summed E-state index contributed by atoms with van der Waals surface area (Å²) in [6, 6.07) is -0.607. The lowest BCUT2D eigenvalue weighted by Gasteiger charge is -2.31. The number of unbranched alkanes of at least 4 members (excludes halogenated alkanes) is 30. The van der Waals surface area contributed by atoms with Crippen LogP contribution in [0.5, 0.6) is 0 Å². The Hall–Kier alpha value is -1.67. The maximum Gasteiger partial charge on any atom is 0.362 e. The van der Waals surface area contributed by atoms with Crippen LogP contribution in [0.4, 0.5) is 0 Å². The SMILES string of the molecule is CCCCCCCCCCCCCCCCCCCCCCCCCC(=O)OC(COCCC(C(=O)O)[N+](C)(C)C)COC(=O)CCCCCCCCCCC. The van der Waals surface area contributed by atoms with Crippen LogP contribution in [0.1, 0.15) is 239 Å². The summed E-state index contributed by atoms with van der Waals surface area (Å²) in [5, 5.41) is 9.61. The number of hydrogen-bond acceptors (Lipinski definition) is 6. The predicted octanol–water partition coefficient (Wildman–Crippen LogP) is 13.3. The Kier molecular flexibility index (Phi) is 38.9. The van der Waals surface area contributed by atoms with Crippen LogP contribution in [0.15, 0.2) is 0 Å². The molecule has 0 aromatic heterocycles. The molecule has 0 aliphatic carbocycles. The third kappa shape index (κ3) is 37.9. The van der Waals surface area contributed by atoms with Crippen molar-refractivity contribution >= 4 is 17.9 Å². The number of carbonyl (C=O) groups is 3. The monoisotopic (exact) mass is 797 g/mol. The van der Waals surface area contributed by atoms with Gasteiger partial charge in [0.1, 0.15) is 6.61 Å². The Labute approximate surface area is 346 Å². The van der Waals surface area contributed by atoms with Crippen molar-refractivity contribution in [3.63, 3.8) is 0 Å². The molecule has 0 spiro atoms. The number of carboxylic acids is 1. The highest BCUT2D eigenvalue weighted by atomic mass is 16.6. The van der Waals surface area contributed by atoms with E-state index in [1.165, 1.54) is 167 Å². The highest BCUT2D eigenvalue weighted by Gasteiger charge is 2.31. The number of carboxylic acid groups (broad SMARTS) is 1. The van der Waals surface area contributed by atoms with Crippen LogP contribution < -0.4 is 0 Å². The predicted molar refractivity (Wildman–Crippen MR) is 234 cm³/mol. The van der Waals surface area contributed by atoms with Crippen LogP contribution in [-0.2, 0) is 28.6 Å². The number of aliphatic carboxylic acids is 1. The Morgan fingerprint density at radius 3 is 1.11 bits per heavy atom. The summed E-state index contributed by atoms with van der Waals surface area (Å²) < 4.78 is 17.3. The van der Waals surface area contributed by atoms with E-state index >= 15 is 0 Å². The Morgan fingerprint density at radius 2 is 0.786 bits per heavy atom. The lowest BCUT2D eigenvalue weighted by molar-refractivity contribution is -0.887. The normalized spacial score (nSPS) is 12.8. The standard InChI is InChI=1S/C48H93NO7/c1-6-8-10-12-14-16-17-18-19-20-21-22-23-24-25-26-27-28-29-31-33-35-37-39-47(51)56-44(42-54-41-40-45(48(52)53)49(3,4)5)43-55-46(50)38-36-34-32-30-15-13-11-9-7-2/h44-45H,6-43H2,1-5H3/p+1. The van der Waals surface area contributed by atoms with Crippen molar-refractivity contribution in [2.75, 3.05) is 41.0 Å². The van der Waals surface area contributed by atoms with Crippen molar-refractivity contribution in [1.29, 1.82) is 0 Å². The van der Waals surface area contributed by atoms with Crippen molar-refractivity contribution < 1.29 is 38.2 Å². The minimum atomic E-state index is -0.870. The zero-order valence-corrected chi connectivity index (χ0v) is 37.9. The summed E-state index contributed by atoms with van der Waals surface area (Å²) >= 11 is 0. The van der Waals surface area contributed by atoms with Crippen molar-refractivity contribution in [2.24, 2.45) is 0 Å². The number of esters is 2. The van der Waals surface area contributed by atoms with E-state index in [0.29, 0.717) is 19.3 Å². The second-order valence-electron chi connectivity index (χ2n) is 17.7. The molecule has 8 heteroatoms. The molecular weight excluding hydrogens is 703 g/mol. The molecule has 0 fully saturated rings. The molecular formula is C48H94NO7+. The summed E-state index contributed by atoms with van der Waals surface area (Å²) in [4.78, 5) is 36.9. The van der Waals surface area contributed by atoms with Gasteiger partial charge in [-0.2, -0.15) is 0 Å². The first-order valence-corrected chi connectivity index (χ1v) is 24.1. The molecule has 8 nitrogen and oxygen atoms in total. The smallest absolute Gasteiger partial charge is 0.362 e. The van der Waals surface area contributed by atoms with E-state index < -0.39 is 18.1 Å². The van der Waals surface area contributed by atoms with Gasteiger partial charge in [0, 0.05) is 19.3 Å². The van der Waals surface area contributed by atoms with Crippen molar-refractivity contribution in [1.82, 2.24) is 0 Å². The van der Waals surface area contributed by atoms with Gasteiger partial charge in [0.2, 0.25) is 0 Å². The zero-order valence-electron chi connectivity index (χ0n) is 37.9. The summed E-state index contributed by atoms with van der Waals surface area (Å²) in [6.45, 7) is 4.76. The second-order valence-corrected chi connectivity index (χ2v) is 17.7. The van der Waals surface area contributed by atoms with Gasteiger partial charge in [-0.1, -0.05) is 206 Å². The summed E-state index contributed by atoms with van der Waals surface area (Å²) in [7, 11) is 5.54. The number of carbonyl (C=O) groups excluding carboxylic acids is 2. The minimum Gasteiger partial charge on any atom is -0.477 e. The number of rotatable bonds is 44. The first-order valence-electron chi connectivity index (χ1n) is 24.1.